The first-order valence-corrected chi connectivity index (χ1v) is 20.6. The zero-order valence-corrected chi connectivity index (χ0v) is 36.2. The summed E-state index contributed by atoms with van der Waals surface area (Å²) in [6.07, 6.45) is 2.52. The lowest BCUT2D eigenvalue weighted by Gasteiger charge is -2.32. The fraction of sp³-hybridized carbons (Fsp3) is 0.789. The van der Waals surface area contributed by atoms with Crippen LogP contribution in [0.5, 0.6) is 0 Å². The quantitative estimate of drug-likeness (QED) is 0.0473. The van der Waals surface area contributed by atoms with Crippen LogP contribution in [-0.2, 0) is 38.4 Å². The van der Waals surface area contributed by atoms with E-state index < -0.39 is 121 Å². The minimum atomic E-state index is -1.58. The number of aliphatic carboxylic acids is 1. The second-order valence-electron chi connectivity index (χ2n) is 15.0. The van der Waals surface area contributed by atoms with E-state index in [1.807, 2.05) is 27.7 Å². The van der Waals surface area contributed by atoms with Crippen LogP contribution in [-0.4, -0.2) is 119 Å². The van der Waals surface area contributed by atoms with Crippen LogP contribution in [0.1, 0.15) is 101 Å². The third-order valence-electron chi connectivity index (χ3n) is 10.8. The van der Waals surface area contributed by atoms with Gasteiger partial charge in [-0.15, -0.1) is 0 Å². The number of nitrogens with two attached hydrogens (primary N) is 1. The molecule has 0 aromatic heterocycles. The van der Waals surface area contributed by atoms with Gasteiger partial charge in [0, 0.05) is 5.75 Å². The van der Waals surface area contributed by atoms with E-state index in [-0.39, 0.29) is 17.6 Å². The second-order valence-corrected chi connectivity index (χ2v) is 15.4. The highest BCUT2D eigenvalue weighted by Gasteiger charge is 2.37. The molecular formula is C38H70N8O10S. The van der Waals surface area contributed by atoms with Crippen LogP contribution < -0.4 is 43.0 Å². The SMILES string of the molecule is CC[C@H](C)[C@H](N)C(=O)N[C@H](C(=O)N[C@H](C(=O)N[C@H](C(=O)N[C@@H](CO)C(=O)N[C@@H](CS)C(=O)N[C@H](C(=O)NCC(=O)O)[C@@H](C)CC)[C@@H](C)CC)[C@@H](C)CC)[C@@H](C)CC. The molecule has 0 rings (SSSR count). The van der Waals surface area contributed by atoms with Crippen molar-refractivity contribution in [1.29, 1.82) is 0 Å². The van der Waals surface area contributed by atoms with Gasteiger partial charge >= 0.3 is 5.97 Å². The Morgan fingerprint density at radius 3 is 1.16 bits per heavy atom. The van der Waals surface area contributed by atoms with E-state index in [1.165, 1.54) is 0 Å². The van der Waals surface area contributed by atoms with E-state index in [2.05, 4.69) is 49.8 Å². The average Bonchev–Trinajstić information content (AvgIpc) is 3.20. The van der Waals surface area contributed by atoms with Gasteiger partial charge in [-0.25, -0.2) is 0 Å². The number of carbonyl (C=O) groups is 8. The molecule has 0 aliphatic heterocycles. The van der Waals surface area contributed by atoms with Gasteiger partial charge < -0.3 is 53.2 Å². The summed E-state index contributed by atoms with van der Waals surface area (Å²) in [6, 6.07) is -8.21. The van der Waals surface area contributed by atoms with Crippen molar-refractivity contribution in [1.82, 2.24) is 37.2 Å². The Kier molecular flexibility index (Phi) is 25.0. The topological polar surface area (TPSA) is 287 Å². The Labute approximate surface area is 342 Å². The van der Waals surface area contributed by atoms with Crippen molar-refractivity contribution >= 4 is 59.9 Å². The Bertz CT molecular complexity index is 1360. The molecule has 0 unspecified atom stereocenters. The maximum absolute atomic E-state index is 13.9. The highest BCUT2D eigenvalue weighted by molar-refractivity contribution is 7.80. The van der Waals surface area contributed by atoms with Crippen molar-refractivity contribution in [2.24, 2.45) is 35.3 Å². The zero-order chi connectivity index (χ0) is 44.2. The Balaban J connectivity index is 6.15. The molecule has 0 heterocycles. The number of thiol groups is 1. The third-order valence-corrected chi connectivity index (χ3v) is 11.1. The first-order valence-electron chi connectivity index (χ1n) is 20.0. The Morgan fingerprint density at radius 1 is 0.491 bits per heavy atom. The van der Waals surface area contributed by atoms with Crippen molar-refractivity contribution in [2.75, 3.05) is 18.9 Å². The molecule has 11 N–H and O–H groups in total. The van der Waals surface area contributed by atoms with Gasteiger partial charge in [-0.05, 0) is 29.6 Å². The van der Waals surface area contributed by atoms with Gasteiger partial charge in [0.1, 0.15) is 42.8 Å². The van der Waals surface area contributed by atoms with Crippen molar-refractivity contribution < 1.29 is 48.6 Å². The summed E-state index contributed by atoms with van der Waals surface area (Å²) in [5, 5.41) is 36.9. The molecule has 0 aliphatic carbocycles. The molecule has 57 heavy (non-hydrogen) atoms. The van der Waals surface area contributed by atoms with Crippen molar-refractivity contribution in [3.05, 3.63) is 0 Å². The molecule has 0 fully saturated rings. The van der Waals surface area contributed by atoms with Crippen LogP contribution in [0.3, 0.4) is 0 Å². The van der Waals surface area contributed by atoms with Crippen molar-refractivity contribution in [2.45, 2.75) is 144 Å². The standard InChI is InChI=1S/C38H70N8O10S/c1-11-19(6)27(39)34(52)44-30(22(9)14-4)37(55)46-31(23(10)15-5)38(56)45-29(21(8)13-3)36(54)41-24(17-47)32(50)42-25(18-57)33(51)43-28(20(7)12-2)35(53)40-16-26(48)49/h19-25,27-31,47,57H,11-18,39H2,1-10H3,(H,40,53)(H,41,54)(H,42,50)(H,43,51)(H,44,52)(H,45,56)(H,46,55)(H,48,49)/t19-,20-,21-,22-,23-,24-,25-,27-,28-,29-,30-,31-/m0/s1. The van der Waals surface area contributed by atoms with E-state index in [0.29, 0.717) is 32.1 Å². The van der Waals surface area contributed by atoms with Gasteiger partial charge in [0.15, 0.2) is 0 Å². The molecular weight excluding hydrogens is 761 g/mol. The van der Waals surface area contributed by atoms with Crippen molar-refractivity contribution in [3.8, 4) is 0 Å². The van der Waals surface area contributed by atoms with E-state index in [4.69, 9.17) is 10.8 Å². The van der Waals surface area contributed by atoms with Crippen molar-refractivity contribution in [3.63, 3.8) is 0 Å². The molecule has 0 bridgehead atoms. The van der Waals surface area contributed by atoms with Gasteiger partial charge in [-0.2, -0.15) is 12.6 Å². The fourth-order valence-electron chi connectivity index (χ4n) is 5.50. The van der Waals surface area contributed by atoms with Gasteiger partial charge in [0.25, 0.3) is 0 Å². The van der Waals surface area contributed by atoms with Crippen LogP contribution in [0.2, 0.25) is 0 Å². The van der Waals surface area contributed by atoms with Crippen LogP contribution in [0.15, 0.2) is 0 Å². The summed E-state index contributed by atoms with van der Waals surface area (Å²) in [5.41, 5.74) is 6.13. The minimum absolute atomic E-state index is 0.131. The summed E-state index contributed by atoms with van der Waals surface area (Å²) in [7, 11) is 0. The summed E-state index contributed by atoms with van der Waals surface area (Å²) in [4.78, 5) is 104. The summed E-state index contributed by atoms with van der Waals surface area (Å²) >= 11 is 4.15. The molecule has 328 valence electrons. The Morgan fingerprint density at radius 2 is 0.807 bits per heavy atom. The maximum atomic E-state index is 13.9. The first kappa shape index (κ1) is 53.0. The number of rotatable bonds is 27. The Hall–Kier alpha value is -3.97. The summed E-state index contributed by atoms with van der Waals surface area (Å²) in [5.74, 6) is -8.33. The number of hydrogen-bond acceptors (Lipinski definition) is 11. The molecule has 0 aromatic carbocycles. The number of amides is 7. The molecule has 18 nitrogen and oxygen atoms in total. The van der Waals surface area contributed by atoms with Crippen LogP contribution >= 0.6 is 12.6 Å². The maximum Gasteiger partial charge on any atom is 0.322 e. The minimum Gasteiger partial charge on any atom is -0.480 e. The molecule has 0 radical (unpaired) electrons. The summed E-state index contributed by atoms with van der Waals surface area (Å²) in [6.45, 7) is 16.4. The number of aliphatic hydroxyl groups excluding tert-OH is 1. The van der Waals surface area contributed by atoms with E-state index >= 15 is 0 Å². The molecule has 19 heteroatoms. The fourth-order valence-corrected chi connectivity index (χ4v) is 5.76. The molecule has 0 aliphatic rings. The largest absolute Gasteiger partial charge is 0.480 e. The number of nitrogens with one attached hydrogen (secondary N) is 7. The molecule has 0 spiro atoms. The average molecular weight is 831 g/mol. The second kappa shape index (κ2) is 26.9. The summed E-state index contributed by atoms with van der Waals surface area (Å²) < 4.78 is 0. The number of hydrogen-bond donors (Lipinski definition) is 11. The van der Waals surface area contributed by atoms with E-state index in [0.717, 1.165) is 0 Å². The lowest BCUT2D eigenvalue weighted by atomic mass is 9.93. The van der Waals surface area contributed by atoms with Gasteiger partial charge in [-0.3, -0.25) is 38.4 Å². The monoisotopic (exact) mass is 830 g/mol. The van der Waals surface area contributed by atoms with Crippen LogP contribution in [0.4, 0.5) is 0 Å². The molecule has 0 saturated heterocycles. The van der Waals surface area contributed by atoms with Crippen LogP contribution in [0, 0.1) is 29.6 Å². The van der Waals surface area contributed by atoms with Gasteiger partial charge in [0.2, 0.25) is 41.4 Å². The van der Waals surface area contributed by atoms with Crippen LogP contribution in [0.25, 0.3) is 0 Å². The predicted octanol–water partition coefficient (Wildman–Crippen LogP) is -0.424. The molecule has 7 amide bonds. The molecule has 0 saturated carbocycles. The van der Waals surface area contributed by atoms with E-state index in [9.17, 15) is 43.5 Å². The normalized spacial score (nSPS) is 17.6. The smallest absolute Gasteiger partial charge is 0.322 e. The first-order chi connectivity index (χ1) is 26.7. The number of carboxylic acid groups (broad SMARTS) is 1. The highest BCUT2D eigenvalue weighted by atomic mass is 32.1. The zero-order valence-electron chi connectivity index (χ0n) is 35.3. The molecule has 12 atom stereocenters. The lowest BCUT2D eigenvalue weighted by molar-refractivity contribution is -0.139. The van der Waals surface area contributed by atoms with Gasteiger partial charge in [-0.1, -0.05) is 101 Å². The number of carboxylic acids is 1. The predicted molar refractivity (Wildman–Crippen MR) is 218 cm³/mol. The molecule has 0 aromatic rings. The number of aliphatic hydroxyl groups is 1. The van der Waals surface area contributed by atoms with E-state index in [1.54, 1.807) is 41.5 Å². The number of carbonyl (C=O) groups excluding carboxylic acids is 7. The lowest BCUT2D eigenvalue weighted by Crippen LogP contribution is -2.63. The highest BCUT2D eigenvalue weighted by Crippen LogP contribution is 2.16. The van der Waals surface area contributed by atoms with Gasteiger partial charge in [0.05, 0.1) is 12.6 Å². The third kappa shape index (κ3) is 17.2.